The van der Waals surface area contributed by atoms with Crippen LogP contribution in [0.5, 0.6) is 0 Å². The number of aromatic nitrogens is 2. The maximum absolute atomic E-state index is 4.65. The lowest BCUT2D eigenvalue weighted by molar-refractivity contribution is 0.315. The van der Waals surface area contributed by atoms with Crippen molar-refractivity contribution in [1.82, 2.24) is 10.3 Å². The molecule has 0 amide bonds. The molecule has 2 rings (SSSR count). The van der Waals surface area contributed by atoms with E-state index in [0.29, 0.717) is 0 Å². The second-order valence-electron chi connectivity index (χ2n) is 3.75. The van der Waals surface area contributed by atoms with Crippen LogP contribution in [0.4, 0.5) is 0 Å². The highest BCUT2D eigenvalue weighted by atomic mass is 16.6. The predicted molar refractivity (Wildman–Crippen MR) is 59.3 cm³/mol. The zero-order chi connectivity index (χ0) is 10.5. The number of hydrogen-bond acceptors (Lipinski definition) is 3. The van der Waals surface area contributed by atoms with Crippen molar-refractivity contribution in [1.29, 1.82) is 0 Å². The molecule has 0 saturated carbocycles. The van der Waals surface area contributed by atoms with Crippen LogP contribution in [0.15, 0.2) is 22.8 Å². The van der Waals surface area contributed by atoms with E-state index in [1.165, 1.54) is 24.8 Å². The van der Waals surface area contributed by atoms with Crippen LogP contribution in [0.3, 0.4) is 0 Å². The molecule has 2 aromatic rings. The number of rotatable bonds is 5. The second-order valence-corrected chi connectivity index (χ2v) is 3.75. The van der Waals surface area contributed by atoms with Gasteiger partial charge in [0.15, 0.2) is 0 Å². The minimum atomic E-state index is 0.830. The van der Waals surface area contributed by atoms with Gasteiger partial charge in [0, 0.05) is 0 Å². The lowest BCUT2D eigenvalue weighted by atomic mass is 10.1. The molecule has 1 heterocycles. The minimum Gasteiger partial charge on any atom is -0.243 e. The maximum Gasteiger partial charge on any atom is 0.135 e. The SMILES string of the molecule is [CH2]CCCCCc1ccc2nonc2c1. The van der Waals surface area contributed by atoms with Crippen molar-refractivity contribution in [2.75, 3.05) is 0 Å². The summed E-state index contributed by atoms with van der Waals surface area (Å²) in [6, 6.07) is 6.11. The van der Waals surface area contributed by atoms with Crippen LogP contribution in [-0.2, 0) is 6.42 Å². The Balaban J connectivity index is 1.96. The zero-order valence-corrected chi connectivity index (χ0v) is 8.78. The average Bonchev–Trinajstić information content (AvgIpc) is 2.71. The summed E-state index contributed by atoms with van der Waals surface area (Å²) in [4.78, 5) is 0. The highest BCUT2D eigenvalue weighted by Gasteiger charge is 2.01. The first kappa shape index (κ1) is 10.1. The molecule has 1 aromatic heterocycles. The first-order valence-electron chi connectivity index (χ1n) is 5.40. The molecule has 0 bridgehead atoms. The van der Waals surface area contributed by atoms with E-state index in [9.17, 15) is 0 Å². The molecule has 0 fully saturated rings. The van der Waals surface area contributed by atoms with Gasteiger partial charge in [-0.2, -0.15) is 0 Å². The Bertz CT molecular complexity index is 422. The summed E-state index contributed by atoms with van der Waals surface area (Å²) in [5, 5.41) is 7.60. The van der Waals surface area contributed by atoms with Crippen molar-refractivity contribution in [3.63, 3.8) is 0 Å². The van der Waals surface area contributed by atoms with Gasteiger partial charge in [0.25, 0.3) is 0 Å². The first-order valence-corrected chi connectivity index (χ1v) is 5.40. The van der Waals surface area contributed by atoms with Gasteiger partial charge in [-0.25, -0.2) is 4.63 Å². The molecule has 0 saturated heterocycles. The van der Waals surface area contributed by atoms with Gasteiger partial charge in [-0.3, -0.25) is 0 Å². The molecule has 0 aliphatic heterocycles. The Morgan fingerprint density at radius 2 is 1.93 bits per heavy atom. The average molecular weight is 203 g/mol. The molecule has 0 spiro atoms. The van der Waals surface area contributed by atoms with E-state index >= 15 is 0 Å². The monoisotopic (exact) mass is 203 g/mol. The summed E-state index contributed by atoms with van der Waals surface area (Å²) in [5.41, 5.74) is 2.99. The lowest BCUT2D eigenvalue weighted by Crippen LogP contribution is -1.85. The van der Waals surface area contributed by atoms with E-state index in [1.807, 2.05) is 6.07 Å². The minimum absolute atomic E-state index is 0.830. The molecule has 1 radical (unpaired) electrons. The Morgan fingerprint density at radius 3 is 2.80 bits per heavy atom. The van der Waals surface area contributed by atoms with Crippen LogP contribution >= 0.6 is 0 Å². The fourth-order valence-electron chi connectivity index (χ4n) is 1.67. The number of aryl methyl sites for hydroxylation is 1. The quantitative estimate of drug-likeness (QED) is 0.700. The third-order valence-electron chi connectivity index (χ3n) is 2.53. The van der Waals surface area contributed by atoms with Gasteiger partial charge in [-0.1, -0.05) is 32.3 Å². The maximum atomic E-state index is 4.65. The lowest BCUT2D eigenvalue weighted by Gasteiger charge is -1.99. The van der Waals surface area contributed by atoms with Crippen LogP contribution in [0.1, 0.15) is 31.2 Å². The van der Waals surface area contributed by atoms with Gasteiger partial charge in [0.2, 0.25) is 0 Å². The summed E-state index contributed by atoms with van der Waals surface area (Å²) in [6.07, 6.45) is 5.81. The molecule has 3 heteroatoms. The number of fused-ring (bicyclic) bond motifs is 1. The normalized spacial score (nSPS) is 11.0. The topological polar surface area (TPSA) is 38.9 Å². The largest absolute Gasteiger partial charge is 0.243 e. The summed E-state index contributed by atoms with van der Waals surface area (Å²) < 4.78 is 4.65. The molecular formula is C12H15N2O. The van der Waals surface area contributed by atoms with E-state index in [0.717, 1.165) is 23.9 Å². The standard InChI is InChI=1S/C12H15N2O/c1-2-3-4-5-6-10-7-8-11-12(9-10)14-15-13-11/h7-9H,1-6H2. The zero-order valence-electron chi connectivity index (χ0n) is 8.78. The Kier molecular flexibility index (Phi) is 3.33. The van der Waals surface area contributed by atoms with Crippen molar-refractivity contribution < 1.29 is 4.63 Å². The van der Waals surface area contributed by atoms with Gasteiger partial charge in [0.05, 0.1) is 0 Å². The molecule has 3 nitrogen and oxygen atoms in total. The summed E-state index contributed by atoms with van der Waals surface area (Å²) in [6.45, 7) is 3.83. The highest BCUT2D eigenvalue weighted by Crippen LogP contribution is 2.14. The number of benzene rings is 1. The van der Waals surface area contributed by atoms with E-state index in [1.54, 1.807) is 0 Å². The first-order chi connectivity index (χ1) is 7.40. The van der Waals surface area contributed by atoms with Crippen LogP contribution in [0.25, 0.3) is 11.0 Å². The predicted octanol–water partition coefficient (Wildman–Crippen LogP) is 3.16. The smallest absolute Gasteiger partial charge is 0.135 e. The number of nitrogens with zero attached hydrogens (tertiary/aromatic N) is 2. The molecule has 0 N–H and O–H groups in total. The number of hydrogen-bond donors (Lipinski definition) is 0. The molecule has 0 aliphatic carbocycles. The van der Waals surface area contributed by atoms with Crippen molar-refractivity contribution in [2.45, 2.75) is 32.1 Å². The molecule has 1 aromatic carbocycles. The van der Waals surface area contributed by atoms with E-state index in [-0.39, 0.29) is 0 Å². The Labute approximate surface area is 89.4 Å². The van der Waals surface area contributed by atoms with E-state index in [4.69, 9.17) is 0 Å². The van der Waals surface area contributed by atoms with Crippen LogP contribution in [0.2, 0.25) is 0 Å². The fourth-order valence-corrected chi connectivity index (χ4v) is 1.67. The van der Waals surface area contributed by atoms with Gasteiger partial charge >= 0.3 is 0 Å². The Morgan fingerprint density at radius 1 is 1.07 bits per heavy atom. The van der Waals surface area contributed by atoms with Gasteiger partial charge in [0.1, 0.15) is 11.0 Å². The van der Waals surface area contributed by atoms with Crippen molar-refractivity contribution in [3.8, 4) is 0 Å². The van der Waals surface area contributed by atoms with Crippen molar-refractivity contribution in [2.24, 2.45) is 0 Å². The molecule has 0 aliphatic rings. The van der Waals surface area contributed by atoms with Crippen molar-refractivity contribution >= 4 is 11.0 Å². The molecule has 79 valence electrons. The molecular weight excluding hydrogens is 188 g/mol. The highest BCUT2D eigenvalue weighted by molar-refractivity contribution is 5.73. The van der Waals surface area contributed by atoms with E-state index in [2.05, 4.69) is 34.0 Å². The molecule has 0 unspecified atom stereocenters. The van der Waals surface area contributed by atoms with Gasteiger partial charge < -0.3 is 0 Å². The second kappa shape index (κ2) is 4.91. The van der Waals surface area contributed by atoms with Crippen LogP contribution in [0, 0.1) is 6.92 Å². The van der Waals surface area contributed by atoms with Crippen LogP contribution < -0.4 is 0 Å². The van der Waals surface area contributed by atoms with E-state index < -0.39 is 0 Å². The third kappa shape index (κ3) is 2.55. The summed E-state index contributed by atoms with van der Waals surface area (Å²) in [5.74, 6) is 0. The fraction of sp³-hybridized carbons (Fsp3) is 0.417. The van der Waals surface area contributed by atoms with Gasteiger partial charge in [-0.05, 0) is 40.9 Å². The molecule has 0 atom stereocenters. The molecule has 15 heavy (non-hydrogen) atoms. The van der Waals surface area contributed by atoms with Crippen molar-refractivity contribution in [3.05, 3.63) is 30.7 Å². The summed E-state index contributed by atoms with van der Waals surface area (Å²) in [7, 11) is 0. The van der Waals surface area contributed by atoms with Gasteiger partial charge in [-0.15, -0.1) is 0 Å². The Hall–Kier alpha value is -1.38. The van der Waals surface area contributed by atoms with Crippen LogP contribution in [-0.4, -0.2) is 10.3 Å². The summed E-state index contributed by atoms with van der Waals surface area (Å²) >= 11 is 0. The third-order valence-corrected chi connectivity index (χ3v) is 2.53. The number of unbranched alkanes of at least 4 members (excludes halogenated alkanes) is 3.